The lowest BCUT2D eigenvalue weighted by Crippen LogP contribution is -2.40. The van der Waals surface area contributed by atoms with Crippen molar-refractivity contribution in [2.45, 2.75) is 25.8 Å². The maximum atomic E-state index is 12.5. The van der Waals surface area contributed by atoms with Gasteiger partial charge in [0.1, 0.15) is 10.8 Å². The number of ether oxygens (including phenoxy) is 1. The number of aryl methyl sites for hydroxylation is 1. The van der Waals surface area contributed by atoms with E-state index in [-0.39, 0.29) is 30.9 Å². The number of hydrogen-bond donors (Lipinski definition) is 2. The number of thiazole rings is 1. The Hall–Kier alpha value is -2.97. The van der Waals surface area contributed by atoms with Crippen molar-refractivity contribution < 1.29 is 14.3 Å². The van der Waals surface area contributed by atoms with Gasteiger partial charge in [0.05, 0.1) is 42.1 Å². The van der Waals surface area contributed by atoms with Crippen LogP contribution >= 0.6 is 11.3 Å². The molecule has 31 heavy (non-hydrogen) atoms. The summed E-state index contributed by atoms with van der Waals surface area (Å²) in [5.74, 6) is 0.127. The van der Waals surface area contributed by atoms with Crippen LogP contribution < -0.4 is 15.4 Å². The first-order chi connectivity index (χ1) is 15.0. The number of para-hydroxylation sites is 1. The number of nitrogens with zero attached hydrogens (tertiary/aromatic N) is 2. The zero-order chi connectivity index (χ0) is 21.8. The van der Waals surface area contributed by atoms with Gasteiger partial charge in [0, 0.05) is 0 Å². The Morgan fingerprint density at radius 2 is 2.06 bits per heavy atom. The maximum absolute atomic E-state index is 12.5. The van der Waals surface area contributed by atoms with Crippen LogP contribution in [0, 0.1) is 6.92 Å². The van der Waals surface area contributed by atoms with Gasteiger partial charge >= 0.3 is 0 Å². The largest absolute Gasteiger partial charge is 0.495 e. The van der Waals surface area contributed by atoms with Crippen LogP contribution in [0.2, 0.25) is 0 Å². The van der Waals surface area contributed by atoms with Crippen LogP contribution in [0.15, 0.2) is 42.5 Å². The third kappa shape index (κ3) is 5.03. The van der Waals surface area contributed by atoms with Crippen LogP contribution in [0.5, 0.6) is 5.75 Å². The van der Waals surface area contributed by atoms with Gasteiger partial charge in [-0.3, -0.25) is 14.5 Å². The molecule has 3 aromatic rings. The number of benzene rings is 2. The zero-order valence-corrected chi connectivity index (χ0v) is 18.5. The first-order valence-corrected chi connectivity index (χ1v) is 11.2. The molecule has 1 aliphatic rings. The van der Waals surface area contributed by atoms with Crippen molar-refractivity contribution in [2.75, 3.05) is 32.1 Å². The van der Waals surface area contributed by atoms with E-state index in [0.29, 0.717) is 11.4 Å². The molecule has 2 N–H and O–H groups in total. The average Bonchev–Trinajstić information content (AvgIpc) is 3.39. The van der Waals surface area contributed by atoms with E-state index in [0.717, 1.165) is 40.2 Å². The molecule has 7 nitrogen and oxygen atoms in total. The molecular weight excluding hydrogens is 412 g/mol. The van der Waals surface area contributed by atoms with Crippen molar-refractivity contribution in [3.63, 3.8) is 0 Å². The summed E-state index contributed by atoms with van der Waals surface area (Å²) in [5, 5.41) is 6.58. The number of fused-ring (bicyclic) bond motifs is 1. The average molecular weight is 439 g/mol. The summed E-state index contributed by atoms with van der Waals surface area (Å²) in [6, 6.07) is 13.8. The lowest BCUT2D eigenvalue weighted by molar-refractivity contribution is -0.125. The molecular formula is C23H26N4O3S. The molecule has 2 aromatic carbocycles. The molecule has 2 heterocycles. The van der Waals surface area contributed by atoms with E-state index in [1.54, 1.807) is 24.5 Å². The van der Waals surface area contributed by atoms with Crippen LogP contribution in [0.1, 0.15) is 29.5 Å². The second kappa shape index (κ2) is 9.45. The monoisotopic (exact) mass is 438 g/mol. The second-order valence-electron chi connectivity index (χ2n) is 7.68. The summed E-state index contributed by atoms with van der Waals surface area (Å²) in [6.07, 6.45) is 2.02. The lowest BCUT2D eigenvalue weighted by Gasteiger charge is -2.22. The minimum absolute atomic E-state index is 0.0877. The normalized spacial score (nSPS) is 16.4. The van der Waals surface area contributed by atoms with Crippen molar-refractivity contribution in [3.05, 3.63) is 53.0 Å². The first-order valence-electron chi connectivity index (χ1n) is 10.3. The maximum Gasteiger partial charge on any atom is 0.243 e. The van der Waals surface area contributed by atoms with E-state index in [1.807, 2.05) is 37.3 Å². The fourth-order valence-corrected chi connectivity index (χ4v) is 5.00. The van der Waals surface area contributed by atoms with Crippen molar-refractivity contribution >= 4 is 39.1 Å². The van der Waals surface area contributed by atoms with Crippen molar-refractivity contribution in [1.29, 1.82) is 0 Å². The number of nitrogens with one attached hydrogen (secondary N) is 2. The molecule has 0 radical (unpaired) electrons. The van der Waals surface area contributed by atoms with E-state index in [9.17, 15) is 9.59 Å². The van der Waals surface area contributed by atoms with E-state index < -0.39 is 0 Å². The number of carbonyl (C=O) groups is 2. The Bertz CT molecular complexity index is 1060. The van der Waals surface area contributed by atoms with Crippen LogP contribution in [0.25, 0.3) is 10.2 Å². The topological polar surface area (TPSA) is 83.6 Å². The number of carbonyl (C=O) groups excluding carboxylic acids is 2. The fourth-order valence-electron chi connectivity index (χ4n) is 3.86. The number of likely N-dealkylation sites (tertiary alicyclic amines) is 1. The molecule has 1 aliphatic heterocycles. The molecule has 162 valence electrons. The Kier molecular flexibility index (Phi) is 6.48. The van der Waals surface area contributed by atoms with Crippen LogP contribution in [-0.2, 0) is 9.59 Å². The van der Waals surface area contributed by atoms with E-state index in [2.05, 4.69) is 21.6 Å². The Morgan fingerprint density at radius 3 is 2.87 bits per heavy atom. The highest BCUT2D eigenvalue weighted by Gasteiger charge is 2.30. The number of rotatable bonds is 7. The number of methoxy groups -OCH3 is 1. The molecule has 0 bridgehead atoms. The van der Waals surface area contributed by atoms with Crippen LogP contribution in [0.3, 0.4) is 0 Å². The third-order valence-corrected chi connectivity index (χ3v) is 6.52. The van der Waals surface area contributed by atoms with Gasteiger partial charge in [0.2, 0.25) is 11.8 Å². The van der Waals surface area contributed by atoms with Crippen molar-refractivity contribution in [3.8, 4) is 5.75 Å². The lowest BCUT2D eigenvalue weighted by atomic mass is 10.2. The second-order valence-corrected chi connectivity index (χ2v) is 8.74. The van der Waals surface area contributed by atoms with Gasteiger partial charge in [-0.2, -0.15) is 0 Å². The Balaban J connectivity index is 1.32. The van der Waals surface area contributed by atoms with Crippen molar-refractivity contribution in [1.82, 2.24) is 15.2 Å². The molecule has 4 rings (SSSR count). The van der Waals surface area contributed by atoms with Crippen LogP contribution in [-0.4, -0.2) is 48.4 Å². The summed E-state index contributed by atoms with van der Waals surface area (Å²) in [6.45, 7) is 2.95. The molecule has 0 aliphatic carbocycles. The van der Waals surface area contributed by atoms with E-state index in [4.69, 9.17) is 9.72 Å². The number of amides is 2. The standard InChI is InChI=1S/C23H26N4O3S/c1-15-9-10-19(30-2)17(12-15)25-21(28)13-24-22(29)14-27-11-5-7-18(27)23-26-16-6-3-4-8-20(16)31-23/h3-4,6,8-10,12,18H,5,7,11,13-14H2,1-2H3,(H,24,29)(H,25,28). The molecule has 1 saturated heterocycles. The van der Waals surface area contributed by atoms with Gasteiger partial charge in [-0.05, 0) is 56.1 Å². The van der Waals surface area contributed by atoms with Gasteiger partial charge in [-0.15, -0.1) is 11.3 Å². The highest BCUT2D eigenvalue weighted by atomic mass is 32.1. The Morgan fingerprint density at radius 1 is 1.23 bits per heavy atom. The van der Waals surface area contributed by atoms with Crippen LogP contribution in [0.4, 0.5) is 5.69 Å². The van der Waals surface area contributed by atoms with Gasteiger partial charge < -0.3 is 15.4 Å². The van der Waals surface area contributed by atoms with E-state index in [1.165, 1.54) is 0 Å². The molecule has 1 fully saturated rings. The number of aromatic nitrogens is 1. The number of anilines is 1. The van der Waals surface area contributed by atoms with Crippen molar-refractivity contribution in [2.24, 2.45) is 0 Å². The quantitative estimate of drug-likeness (QED) is 0.590. The summed E-state index contributed by atoms with van der Waals surface area (Å²) >= 11 is 1.69. The minimum Gasteiger partial charge on any atom is -0.495 e. The fraction of sp³-hybridized carbons (Fsp3) is 0.348. The highest BCUT2D eigenvalue weighted by Crippen LogP contribution is 2.36. The summed E-state index contributed by atoms with van der Waals surface area (Å²) in [7, 11) is 1.56. The summed E-state index contributed by atoms with van der Waals surface area (Å²) in [5.41, 5.74) is 2.61. The molecule has 0 saturated carbocycles. The predicted molar refractivity (Wildman–Crippen MR) is 123 cm³/mol. The molecule has 1 unspecified atom stereocenters. The van der Waals surface area contributed by atoms with Gasteiger partial charge in [0.25, 0.3) is 0 Å². The van der Waals surface area contributed by atoms with Gasteiger partial charge in [-0.25, -0.2) is 4.98 Å². The predicted octanol–water partition coefficient (Wildman–Crippen LogP) is 3.51. The first kappa shape index (κ1) is 21.3. The third-order valence-electron chi connectivity index (χ3n) is 5.38. The van der Waals surface area contributed by atoms with Gasteiger partial charge in [0.15, 0.2) is 0 Å². The molecule has 1 atom stereocenters. The minimum atomic E-state index is -0.290. The summed E-state index contributed by atoms with van der Waals surface area (Å²) < 4.78 is 6.44. The zero-order valence-electron chi connectivity index (χ0n) is 17.7. The van der Waals surface area contributed by atoms with E-state index >= 15 is 0 Å². The Labute approximate surface area is 185 Å². The number of hydrogen-bond acceptors (Lipinski definition) is 6. The molecule has 2 amide bonds. The smallest absolute Gasteiger partial charge is 0.243 e. The molecule has 8 heteroatoms. The summed E-state index contributed by atoms with van der Waals surface area (Å²) in [4.78, 5) is 31.7. The highest BCUT2D eigenvalue weighted by molar-refractivity contribution is 7.18. The molecule has 1 aromatic heterocycles. The van der Waals surface area contributed by atoms with Gasteiger partial charge in [-0.1, -0.05) is 18.2 Å². The SMILES string of the molecule is COc1ccc(C)cc1NC(=O)CNC(=O)CN1CCCC1c1nc2ccccc2s1. The molecule has 0 spiro atoms.